The summed E-state index contributed by atoms with van der Waals surface area (Å²) in [6.07, 6.45) is 3.33. The Bertz CT molecular complexity index is 512. The quantitative estimate of drug-likeness (QED) is 0.888. The lowest BCUT2D eigenvalue weighted by molar-refractivity contribution is 0.574. The molecule has 2 aromatic rings. The molecule has 0 aliphatic heterocycles. The van der Waals surface area contributed by atoms with Crippen molar-refractivity contribution >= 4 is 5.95 Å². The van der Waals surface area contributed by atoms with Gasteiger partial charge in [-0.25, -0.2) is 18.7 Å². The van der Waals surface area contributed by atoms with E-state index in [-0.39, 0.29) is 6.54 Å². The van der Waals surface area contributed by atoms with Gasteiger partial charge in [0, 0.05) is 30.6 Å². The van der Waals surface area contributed by atoms with Crippen LogP contribution < -0.4 is 5.32 Å². The zero-order chi connectivity index (χ0) is 12.3. The van der Waals surface area contributed by atoms with Gasteiger partial charge in [0.25, 0.3) is 0 Å². The molecule has 88 valence electrons. The zero-order valence-corrected chi connectivity index (χ0v) is 9.24. The molecule has 0 fully saturated rings. The standard InChI is InChI=1S/C12H11F2N3/c1-8-5-15-12(16-6-8)17-7-9-2-3-10(13)4-11(9)14/h2-6H,7H2,1H3,(H,15,16,17). The average molecular weight is 235 g/mol. The average Bonchev–Trinajstić information content (AvgIpc) is 2.30. The Morgan fingerprint density at radius 2 is 1.88 bits per heavy atom. The highest BCUT2D eigenvalue weighted by Gasteiger charge is 2.04. The van der Waals surface area contributed by atoms with Gasteiger partial charge in [-0.05, 0) is 18.6 Å². The van der Waals surface area contributed by atoms with E-state index in [0.717, 1.165) is 11.6 Å². The fourth-order valence-electron chi connectivity index (χ4n) is 1.32. The first-order chi connectivity index (χ1) is 8.15. The van der Waals surface area contributed by atoms with Crippen LogP contribution in [0.5, 0.6) is 0 Å². The van der Waals surface area contributed by atoms with E-state index in [2.05, 4.69) is 15.3 Å². The maximum absolute atomic E-state index is 13.3. The highest BCUT2D eigenvalue weighted by atomic mass is 19.1. The molecule has 0 saturated heterocycles. The van der Waals surface area contributed by atoms with Crippen LogP contribution in [0.15, 0.2) is 30.6 Å². The minimum absolute atomic E-state index is 0.217. The van der Waals surface area contributed by atoms with Gasteiger partial charge in [-0.2, -0.15) is 0 Å². The first-order valence-electron chi connectivity index (χ1n) is 5.11. The molecule has 1 N–H and O–H groups in total. The summed E-state index contributed by atoms with van der Waals surface area (Å²) >= 11 is 0. The molecular weight excluding hydrogens is 224 g/mol. The lowest BCUT2D eigenvalue weighted by atomic mass is 10.2. The van der Waals surface area contributed by atoms with Gasteiger partial charge in [-0.3, -0.25) is 0 Å². The molecule has 3 nitrogen and oxygen atoms in total. The van der Waals surface area contributed by atoms with Crippen molar-refractivity contribution < 1.29 is 8.78 Å². The maximum atomic E-state index is 13.3. The molecule has 0 saturated carbocycles. The molecule has 0 bridgehead atoms. The SMILES string of the molecule is Cc1cnc(NCc2ccc(F)cc2F)nc1. The van der Waals surface area contributed by atoms with Crippen LogP contribution >= 0.6 is 0 Å². The molecular formula is C12H11F2N3. The van der Waals surface area contributed by atoms with Crippen LogP contribution in [0.3, 0.4) is 0 Å². The molecule has 2 rings (SSSR count). The van der Waals surface area contributed by atoms with Crippen LogP contribution in [0.1, 0.15) is 11.1 Å². The number of rotatable bonds is 3. The Morgan fingerprint density at radius 3 is 2.53 bits per heavy atom. The number of anilines is 1. The van der Waals surface area contributed by atoms with Gasteiger partial charge in [0.2, 0.25) is 5.95 Å². The normalized spacial score (nSPS) is 10.3. The van der Waals surface area contributed by atoms with Crippen molar-refractivity contribution in [3.05, 3.63) is 53.4 Å². The van der Waals surface area contributed by atoms with Gasteiger partial charge in [-0.1, -0.05) is 6.07 Å². The van der Waals surface area contributed by atoms with Crippen LogP contribution in [0.25, 0.3) is 0 Å². The van der Waals surface area contributed by atoms with Crippen molar-refractivity contribution in [2.45, 2.75) is 13.5 Å². The van der Waals surface area contributed by atoms with E-state index >= 15 is 0 Å². The summed E-state index contributed by atoms with van der Waals surface area (Å²) in [5, 5.41) is 2.86. The molecule has 1 aromatic heterocycles. The van der Waals surface area contributed by atoms with Crippen molar-refractivity contribution in [2.75, 3.05) is 5.32 Å². The third kappa shape index (κ3) is 2.96. The Hall–Kier alpha value is -2.04. The predicted molar refractivity (Wildman–Crippen MR) is 60.5 cm³/mol. The summed E-state index contributed by atoms with van der Waals surface area (Å²) in [5.41, 5.74) is 1.32. The minimum atomic E-state index is -0.585. The first-order valence-corrected chi connectivity index (χ1v) is 5.11. The van der Waals surface area contributed by atoms with E-state index in [1.54, 1.807) is 12.4 Å². The van der Waals surface area contributed by atoms with Crippen LogP contribution in [-0.2, 0) is 6.54 Å². The Labute approximate surface area is 97.5 Å². The fraction of sp³-hybridized carbons (Fsp3) is 0.167. The Kier molecular flexibility index (Phi) is 3.27. The number of aryl methyl sites for hydroxylation is 1. The number of hydrogen-bond donors (Lipinski definition) is 1. The third-order valence-electron chi connectivity index (χ3n) is 2.23. The van der Waals surface area contributed by atoms with Gasteiger partial charge < -0.3 is 5.32 Å². The molecule has 5 heteroatoms. The number of hydrogen-bond acceptors (Lipinski definition) is 3. The second-order valence-corrected chi connectivity index (χ2v) is 3.67. The highest BCUT2D eigenvalue weighted by molar-refractivity contribution is 5.28. The zero-order valence-electron chi connectivity index (χ0n) is 9.24. The molecule has 17 heavy (non-hydrogen) atoms. The van der Waals surface area contributed by atoms with Crippen molar-refractivity contribution in [3.63, 3.8) is 0 Å². The monoisotopic (exact) mass is 235 g/mol. The van der Waals surface area contributed by atoms with E-state index < -0.39 is 11.6 Å². The predicted octanol–water partition coefficient (Wildman–Crippen LogP) is 2.68. The number of benzene rings is 1. The van der Waals surface area contributed by atoms with Gasteiger partial charge in [-0.15, -0.1) is 0 Å². The molecule has 0 amide bonds. The number of aromatic nitrogens is 2. The van der Waals surface area contributed by atoms with Crippen LogP contribution in [-0.4, -0.2) is 9.97 Å². The summed E-state index contributed by atoms with van der Waals surface area (Å²) in [6, 6.07) is 3.47. The van der Waals surface area contributed by atoms with E-state index in [4.69, 9.17) is 0 Å². The molecule has 0 unspecified atom stereocenters. The second-order valence-electron chi connectivity index (χ2n) is 3.67. The Balaban J connectivity index is 2.04. The summed E-state index contributed by atoms with van der Waals surface area (Å²) in [7, 11) is 0. The van der Waals surface area contributed by atoms with Gasteiger partial charge in [0.05, 0.1) is 0 Å². The molecule has 1 aromatic carbocycles. The summed E-state index contributed by atoms with van der Waals surface area (Å²) < 4.78 is 26.0. The van der Waals surface area contributed by atoms with Crippen molar-refractivity contribution in [1.82, 2.24) is 9.97 Å². The summed E-state index contributed by atoms with van der Waals surface area (Å²) in [6.45, 7) is 2.10. The lowest BCUT2D eigenvalue weighted by Gasteiger charge is -2.05. The maximum Gasteiger partial charge on any atom is 0.222 e. The first kappa shape index (κ1) is 11.4. The third-order valence-corrected chi connectivity index (χ3v) is 2.23. The highest BCUT2D eigenvalue weighted by Crippen LogP contribution is 2.10. The minimum Gasteiger partial charge on any atom is -0.350 e. The number of nitrogens with zero attached hydrogens (tertiary/aromatic N) is 2. The fourth-order valence-corrected chi connectivity index (χ4v) is 1.32. The van der Waals surface area contributed by atoms with Crippen LogP contribution in [0.2, 0.25) is 0 Å². The van der Waals surface area contributed by atoms with Crippen molar-refractivity contribution in [1.29, 1.82) is 0 Å². The van der Waals surface area contributed by atoms with E-state index in [0.29, 0.717) is 11.5 Å². The lowest BCUT2D eigenvalue weighted by Crippen LogP contribution is -2.05. The molecule has 0 aliphatic carbocycles. The smallest absolute Gasteiger partial charge is 0.222 e. The number of nitrogens with one attached hydrogen (secondary N) is 1. The van der Waals surface area contributed by atoms with Gasteiger partial charge >= 0.3 is 0 Å². The summed E-state index contributed by atoms with van der Waals surface area (Å²) in [4.78, 5) is 8.04. The van der Waals surface area contributed by atoms with Gasteiger partial charge in [0.1, 0.15) is 11.6 Å². The molecule has 1 heterocycles. The topological polar surface area (TPSA) is 37.8 Å². The van der Waals surface area contributed by atoms with Crippen molar-refractivity contribution in [3.8, 4) is 0 Å². The van der Waals surface area contributed by atoms with Gasteiger partial charge in [0.15, 0.2) is 0 Å². The van der Waals surface area contributed by atoms with E-state index in [1.807, 2.05) is 6.92 Å². The largest absolute Gasteiger partial charge is 0.350 e. The van der Waals surface area contributed by atoms with Crippen LogP contribution in [0, 0.1) is 18.6 Å². The molecule has 0 spiro atoms. The van der Waals surface area contributed by atoms with Crippen molar-refractivity contribution in [2.24, 2.45) is 0 Å². The molecule has 0 radical (unpaired) electrons. The van der Waals surface area contributed by atoms with E-state index in [9.17, 15) is 8.78 Å². The van der Waals surface area contributed by atoms with E-state index in [1.165, 1.54) is 12.1 Å². The molecule has 0 atom stereocenters. The van der Waals surface area contributed by atoms with Crippen LogP contribution in [0.4, 0.5) is 14.7 Å². The second kappa shape index (κ2) is 4.86. The summed E-state index contributed by atoms with van der Waals surface area (Å²) in [5.74, 6) is -0.748. The molecule has 0 aliphatic rings. The number of halogens is 2. The Morgan fingerprint density at radius 1 is 1.18 bits per heavy atom.